The van der Waals surface area contributed by atoms with E-state index in [4.69, 9.17) is 9.84 Å². The summed E-state index contributed by atoms with van der Waals surface area (Å²) in [5.74, 6) is -1.14. The third kappa shape index (κ3) is 3.87. The number of nitrogens with one attached hydrogen (secondary N) is 1. The fourth-order valence-electron chi connectivity index (χ4n) is 2.73. The van der Waals surface area contributed by atoms with Gasteiger partial charge < -0.3 is 15.2 Å². The van der Waals surface area contributed by atoms with Crippen molar-refractivity contribution in [1.29, 1.82) is 0 Å². The van der Waals surface area contributed by atoms with E-state index in [2.05, 4.69) is 21.2 Å². The lowest BCUT2D eigenvalue weighted by atomic mass is 9.86. The molecule has 1 heterocycles. The molecule has 0 saturated carbocycles. The first-order valence-electron chi connectivity index (χ1n) is 7.22. The number of hydrogen-bond acceptors (Lipinski definition) is 3. The molecule has 6 heteroatoms. The van der Waals surface area contributed by atoms with Crippen LogP contribution < -0.4 is 5.32 Å². The second-order valence-corrected chi connectivity index (χ2v) is 6.69. The van der Waals surface area contributed by atoms with Gasteiger partial charge in [0.1, 0.15) is 0 Å². The molecule has 1 saturated heterocycles. The van der Waals surface area contributed by atoms with Crippen molar-refractivity contribution in [3.8, 4) is 0 Å². The number of ether oxygens (including phenoxy) is 1. The van der Waals surface area contributed by atoms with Crippen LogP contribution in [0.5, 0.6) is 0 Å². The summed E-state index contributed by atoms with van der Waals surface area (Å²) in [5, 5.41) is 12.1. The number of hydrogen-bond donors (Lipinski definition) is 2. The van der Waals surface area contributed by atoms with Crippen LogP contribution in [0.4, 0.5) is 0 Å². The number of benzene rings is 1. The SMILES string of the molecule is Cc1cc(C(=O)NC2(CC(=O)O)CCOCC2)c(C)cc1Br. The number of carboxylic acids is 1. The smallest absolute Gasteiger partial charge is 0.305 e. The molecule has 0 spiro atoms. The lowest BCUT2D eigenvalue weighted by Gasteiger charge is -2.37. The van der Waals surface area contributed by atoms with E-state index in [0.717, 1.165) is 15.6 Å². The summed E-state index contributed by atoms with van der Waals surface area (Å²) in [6, 6.07) is 3.72. The molecule has 1 aliphatic rings. The van der Waals surface area contributed by atoms with Crippen LogP contribution in [-0.4, -0.2) is 35.7 Å². The van der Waals surface area contributed by atoms with Crippen molar-refractivity contribution < 1.29 is 19.4 Å². The molecule has 0 radical (unpaired) electrons. The van der Waals surface area contributed by atoms with Crippen molar-refractivity contribution in [2.75, 3.05) is 13.2 Å². The topological polar surface area (TPSA) is 75.6 Å². The summed E-state index contributed by atoms with van der Waals surface area (Å²) in [5.41, 5.74) is 1.67. The minimum absolute atomic E-state index is 0.0866. The molecule has 1 amide bonds. The Labute approximate surface area is 138 Å². The molecule has 0 atom stereocenters. The number of aryl methyl sites for hydroxylation is 2. The van der Waals surface area contributed by atoms with Crippen molar-refractivity contribution in [2.24, 2.45) is 0 Å². The predicted molar refractivity (Wildman–Crippen MR) is 86.1 cm³/mol. The van der Waals surface area contributed by atoms with E-state index in [1.165, 1.54) is 0 Å². The molecular weight excluding hydrogens is 350 g/mol. The first-order chi connectivity index (χ1) is 10.3. The highest BCUT2D eigenvalue weighted by Gasteiger charge is 2.36. The fourth-order valence-corrected chi connectivity index (χ4v) is 3.19. The number of rotatable bonds is 4. The van der Waals surface area contributed by atoms with E-state index in [1.54, 1.807) is 0 Å². The molecule has 1 fully saturated rings. The van der Waals surface area contributed by atoms with Gasteiger partial charge in [-0.3, -0.25) is 9.59 Å². The largest absolute Gasteiger partial charge is 0.481 e. The summed E-state index contributed by atoms with van der Waals surface area (Å²) in [7, 11) is 0. The van der Waals surface area contributed by atoms with Gasteiger partial charge in [0.25, 0.3) is 5.91 Å². The molecule has 2 rings (SSSR count). The normalized spacial score (nSPS) is 17.0. The van der Waals surface area contributed by atoms with E-state index in [1.807, 2.05) is 26.0 Å². The van der Waals surface area contributed by atoms with Crippen molar-refractivity contribution in [3.05, 3.63) is 33.3 Å². The zero-order valence-electron chi connectivity index (χ0n) is 12.7. The minimum Gasteiger partial charge on any atom is -0.481 e. The number of aliphatic carboxylic acids is 1. The van der Waals surface area contributed by atoms with Crippen LogP contribution in [0.25, 0.3) is 0 Å². The zero-order valence-corrected chi connectivity index (χ0v) is 14.3. The van der Waals surface area contributed by atoms with Gasteiger partial charge in [-0.2, -0.15) is 0 Å². The van der Waals surface area contributed by atoms with Crippen molar-refractivity contribution in [1.82, 2.24) is 5.32 Å². The van der Waals surface area contributed by atoms with E-state index in [0.29, 0.717) is 31.6 Å². The summed E-state index contributed by atoms with van der Waals surface area (Å²) in [6.45, 7) is 4.71. The highest BCUT2D eigenvalue weighted by molar-refractivity contribution is 9.10. The molecule has 1 aliphatic heterocycles. The second kappa shape index (κ2) is 6.79. The molecule has 5 nitrogen and oxygen atoms in total. The van der Waals surface area contributed by atoms with E-state index in [9.17, 15) is 9.59 Å². The maximum atomic E-state index is 12.6. The Kier molecular flexibility index (Phi) is 5.24. The Morgan fingerprint density at radius 2 is 1.91 bits per heavy atom. The quantitative estimate of drug-likeness (QED) is 0.855. The second-order valence-electron chi connectivity index (χ2n) is 5.83. The van der Waals surface area contributed by atoms with Crippen LogP contribution in [-0.2, 0) is 9.53 Å². The summed E-state index contributed by atoms with van der Waals surface area (Å²) in [6.07, 6.45) is 0.940. The lowest BCUT2D eigenvalue weighted by Crippen LogP contribution is -2.53. The Hall–Kier alpha value is -1.40. The van der Waals surface area contributed by atoms with E-state index in [-0.39, 0.29) is 12.3 Å². The van der Waals surface area contributed by atoms with E-state index < -0.39 is 11.5 Å². The number of carboxylic acid groups (broad SMARTS) is 1. The predicted octanol–water partition coefficient (Wildman–Crippen LogP) is 2.82. The van der Waals surface area contributed by atoms with Gasteiger partial charge in [0, 0.05) is 23.2 Å². The minimum atomic E-state index is -0.911. The fraction of sp³-hybridized carbons (Fsp3) is 0.500. The maximum Gasteiger partial charge on any atom is 0.305 e. The zero-order chi connectivity index (χ0) is 16.3. The maximum absolute atomic E-state index is 12.6. The van der Waals surface area contributed by atoms with Gasteiger partial charge in [0.15, 0.2) is 0 Å². The Bertz CT molecular complexity index is 594. The van der Waals surface area contributed by atoms with Crippen LogP contribution in [0.1, 0.15) is 40.7 Å². The molecule has 2 N–H and O–H groups in total. The summed E-state index contributed by atoms with van der Waals surface area (Å²) >= 11 is 3.45. The molecule has 120 valence electrons. The van der Waals surface area contributed by atoms with E-state index >= 15 is 0 Å². The monoisotopic (exact) mass is 369 g/mol. The third-order valence-electron chi connectivity index (χ3n) is 4.07. The molecule has 1 aromatic rings. The molecule has 0 unspecified atom stereocenters. The van der Waals surface area contributed by atoms with Crippen molar-refractivity contribution >= 4 is 27.8 Å². The average Bonchev–Trinajstić information content (AvgIpc) is 2.42. The van der Waals surface area contributed by atoms with Gasteiger partial charge in [-0.15, -0.1) is 0 Å². The van der Waals surface area contributed by atoms with Gasteiger partial charge in [0.05, 0.1) is 12.0 Å². The Balaban J connectivity index is 2.24. The number of carbonyl (C=O) groups excluding carboxylic acids is 1. The lowest BCUT2D eigenvalue weighted by molar-refractivity contribution is -0.139. The molecule has 22 heavy (non-hydrogen) atoms. The van der Waals surface area contributed by atoms with Gasteiger partial charge >= 0.3 is 5.97 Å². The summed E-state index contributed by atoms with van der Waals surface area (Å²) in [4.78, 5) is 23.8. The highest BCUT2D eigenvalue weighted by Crippen LogP contribution is 2.27. The average molecular weight is 370 g/mol. The van der Waals surface area contributed by atoms with Gasteiger partial charge in [-0.1, -0.05) is 15.9 Å². The van der Waals surface area contributed by atoms with Crippen LogP contribution in [0.2, 0.25) is 0 Å². The number of halogens is 1. The third-order valence-corrected chi connectivity index (χ3v) is 4.92. The van der Waals surface area contributed by atoms with Gasteiger partial charge in [0.2, 0.25) is 0 Å². The number of amides is 1. The van der Waals surface area contributed by atoms with Crippen LogP contribution in [0.3, 0.4) is 0 Å². The standard InChI is InChI=1S/C16H20BrNO4/c1-10-8-13(17)11(2)7-12(10)15(21)18-16(9-14(19)20)3-5-22-6-4-16/h7-8H,3-6,9H2,1-2H3,(H,18,21)(H,19,20). The molecular formula is C16H20BrNO4. The highest BCUT2D eigenvalue weighted by atomic mass is 79.9. The molecule has 0 aromatic heterocycles. The molecule has 0 bridgehead atoms. The Morgan fingerprint density at radius 3 is 2.50 bits per heavy atom. The van der Waals surface area contributed by atoms with Crippen molar-refractivity contribution in [2.45, 2.75) is 38.6 Å². The van der Waals surface area contributed by atoms with Crippen molar-refractivity contribution in [3.63, 3.8) is 0 Å². The van der Waals surface area contributed by atoms with Gasteiger partial charge in [-0.25, -0.2) is 0 Å². The number of carbonyl (C=O) groups is 2. The van der Waals surface area contributed by atoms with Crippen LogP contribution in [0.15, 0.2) is 16.6 Å². The van der Waals surface area contributed by atoms with Crippen LogP contribution in [0, 0.1) is 13.8 Å². The Morgan fingerprint density at radius 1 is 1.27 bits per heavy atom. The molecule has 1 aromatic carbocycles. The molecule has 0 aliphatic carbocycles. The first-order valence-corrected chi connectivity index (χ1v) is 8.01. The van der Waals surface area contributed by atoms with Crippen LogP contribution >= 0.6 is 15.9 Å². The van der Waals surface area contributed by atoms with Gasteiger partial charge in [-0.05, 0) is 49.9 Å². The first kappa shape index (κ1) is 17.0. The summed E-state index contributed by atoms with van der Waals surface area (Å²) < 4.78 is 6.25.